The molecule has 3 amide bonds. The highest BCUT2D eigenvalue weighted by Crippen LogP contribution is 2.23. The minimum absolute atomic E-state index is 0.0520. The molecule has 3 heterocycles. The van der Waals surface area contributed by atoms with Crippen LogP contribution in [-0.4, -0.2) is 83.3 Å². The van der Waals surface area contributed by atoms with Crippen molar-refractivity contribution in [2.45, 2.75) is 109 Å². The van der Waals surface area contributed by atoms with Crippen molar-refractivity contribution in [3.8, 4) is 0 Å². The molecule has 2 saturated heterocycles. The second kappa shape index (κ2) is 16.0. The Kier molecular flexibility index (Phi) is 12.2. The molecule has 1 aromatic heterocycles. The third-order valence-electron chi connectivity index (χ3n) is 9.30. The summed E-state index contributed by atoms with van der Waals surface area (Å²) in [4.78, 5) is 74.2. The van der Waals surface area contributed by atoms with Crippen LogP contribution in [0.3, 0.4) is 0 Å². The lowest BCUT2D eigenvalue weighted by Gasteiger charge is -2.36. The van der Waals surface area contributed by atoms with E-state index in [1.807, 2.05) is 43.0 Å². The quantitative estimate of drug-likeness (QED) is 0.327. The molecule has 2 fully saturated rings. The van der Waals surface area contributed by atoms with Crippen LogP contribution in [0.5, 0.6) is 0 Å². The van der Waals surface area contributed by atoms with Gasteiger partial charge in [-0.1, -0.05) is 57.7 Å². The van der Waals surface area contributed by atoms with Gasteiger partial charge in [0.2, 0.25) is 17.7 Å². The summed E-state index contributed by atoms with van der Waals surface area (Å²) < 4.78 is 1.62. The molecule has 1 aromatic carbocycles. The molecule has 11 heteroatoms. The smallest absolute Gasteiger partial charge is 0.243 e. The highest BCUT2D eigenvalue weighted by Gasteiger charge is 2.37. The van der Waals surface area contributed by atoms with Gasteiger partial charge in [-0.15, -0.1) is 0 Å². The van der Waals surface area contributed by atoms with Crippen LogP contribution in [0.4, 0.5) is 0 Å². The lowest BCUT2D eigenvalue weighted by molar-refractivity contribution is -0.134. The molecule has 246 valence electrons. The van der Waals surface area contributed by atoms with Crippen molar-refractivity contribution in [1.82, 2.24) is 25.6 Å². The molecule has 0 radical (unpaired) electrons. The summed E-state index contributed by atoms with van der Waals surface area (Å²) in [5.41, 5.74) is 1.62. The number of para-hydroxylation sites is 1. The Labute approximate surface area is 265 Å². The number of piperidine rings is 1. The van der Waals surface area contributed by atoms with E-state index in [1.54, 1.807) is 25.0 Å². The lowest BCUT2D eigenvalue weighted by atomic mass is 9.93. The molecule has 4 rings (SSSR count). The van der Waals surface area contributed by atoms with Crippen LogP contribution in [0.15, 0.2) is 30.5 Å². The first-order valence-corrected chi connectivity index (χ1v) is 16.4. The summed E-state index contributed by atoms with van der Waals surface area (Å²) in [7, 11) is 1.56. The number of aromatic nitrogens is 1. The van der Waals surface area contributed by atoms with E-state index in [4.69, 9.17) is 4.84 Å². The number of carbonyl (C=O) groups excluding carboxylic acids is 5. The molecule has 0 bridgehead atoms. The van der Waals surface area contributed by atoms with Crippen molar-refractivity contribution < 1.29 is 28.8 Å². The van der Waals surface area contributed by atoms with Gasteiger partial charge in [0.1, 0.15) is 25.0 Å². The number of amides is 3. The number of fused-ring (bicyclic) bond motifs is 2. The Balaban J connectivity index is 1.68. The van der Waals surface area contributed by atoms with Gasteiger partial charge in [-0.3, -0.25) is 24.1 Å². The number of hydrogen-bond donors (Lipinski definition) is 3. The predicted molar refractivity (Wildman–Crippen MR) is 171 cm³/mol. The molecular weight excluding hydrogens is 574 g/mol. The van der Waals surface area contributed by atoms with Crippen LogP contribution in [0.1, 0.15) is 84.1 Å². The van der Waals surface area contributed by atoms with E-state index in [1.165, 1.54) is 0 Å². The topological polar surface area (TPSA) is 139 Å². The van der Waals surface area contributed by atoms with Gasteiger partial charge in [0, 0.05) is 24.4 Å². The van der Waals surface area contributed by atoms with Crippen LogP contribution in [0, 0.1) is 5.92 Å². The summed E-state index contributed by atoms with van der Waals surface area (Å²) in [6.07, 6.45) is 7.87. The molecule has 2 aromatic rings. The predicted octanol–water partition coefficient (Wildman–Crippen LogP) is 2.72. The molecule has 45 heavy (non-hydrogen) atoms. The van der Waals surface area contributed by atoms with E-state index in [9.17, 15) is 24.0 Å². The van der Waals surface area contributed by atoms with Gasteiger partial charge in [-0.2, -0.15) is 4.73 Å². The molecule has 0 spiro atoms. The maximum absolute atomic E-state index is 14.0. The number of Topliss-reactive ketones (excluding diaryl/α,β-unsaturated/α-hetero) is 2. The second-order valence-electron chi connectivity index (χ2n) is 12.6. The monoisotopic (exact) mass is 623 g/mol. The van der Waals surface area contributed by atoms with Crippen LogP contribution in [0.2, 0.25) is 0 Å². The highest BCUT2D eigenvalue weighted by atomic mass is 16.6. The number of hydrogen-bond acceptors (Lipinski definition) is 7. The largest absolute Gasteiger partial charge is 0.417 e. The summed E-state index contributed by atoms with van der Waals surface area (Å²) in [5, 5.41) is 9.81. The summed E-state index contributed by atoms with van der Waals surface area (Å²) >= 11 is 0. The third-order valence-corrected chi connectivity index (χ3v) is 9.30. The van der Waals surface area contributed by atoms with Crippen LogP contribution < -0.4 is 20.8 Å². The van der Waals surface area contributed by atoms with Crippen molar-refractivity contribution in [2.75, 3.05) is 20.2 Å². The standard InChI is InChI=1S/C34H49N5O6/c1-5-22(2)31-30(41)21-38-18-12-11-17-29(38)34(44)35-26(15-8-6-7-13-23(3)40)32(42)36-27(33(43)37-31)19-24-20-39(45-4)28-16-10-9-14-25(24)28/h9-10,14,16,20,22,26-27,29,31H,5-8,11-13,15,17-19,21H2,1-4H3,(H,35,44)(H,36,42)(H,37,43)/t22-,26-,27-,29+,31-/m0/s1. The van der Waals surface area contributed by atoms with Crippen LogP contribution in [-0.2, 0) is 30.4 Å². The van der Waals surface area contributed by atoms with E-state index in [0.717, 1.165) is 35.7 Å². The van der Waals surface area contributed by atoms with Gasteiger partial charge in [-0.25, -0.2) is 0 Å². The van der Waals surface area contributed by atoms with Crippen molar-refractivity contribution in [3.05, 3.63) is 36.0 Å². The van der Waals surface area contributed by atoms with Gasteiger partial charge in [0.25, 0.3) is 0 Å². The van der Waals surface area contributed by atoms with Crippen molar-refractivity contribution in [3.63, 3.8) is 0 Å². The number of ketones is 2. The number of benzene rings is 1. The molecule has 2 aliphatic rings. The van der Waals surface area contributed by atoms with Gasteiger partial charge in [-0.05, 0) is 56.7 Å². The highest BCUT2D eigenvalue weighted by molar-refractivity contribution is 5.97. The number of rotatable bonds is 11. The number of nitrogens with zero attached hydrogens (tertiary/aromatic N) is 2. The fourth-order valence-electron chi connectivity index (χ4n) is 6.47. The number of carbonyl (C=O) groups is 5. The van der Waals surface area contributed by atoms with Crippen molar-refractivity contribution in [1.29, 1.82) is 0 Å². The van der Waals surface area contributed by atoms with Gasteiger partial charge in [0.15, 0.2) is 5.78 Å². The number of unbranched alkanes of at least 4 members (excludes halogenated alkanes) is 2. The zero-order valence-electron chi connectivity index (χ0n) is 27.1. The average molecular weight is 624 g/mol. The normalized spacial score (nSPS) is 24.4. The van der Waals surface area contributed by atoms with E-state index in [-0.39, 0.29) is 36.4 Å². The summed E-state index contributed by atoms with van der Waals surface area (Å²) in [5.74, 6) is -1.33. The van der Waals surface area contributed by atoms with E-state index in [0.29, 0.717) is 45.1 Å². The molecule has 0 unspecified atom stereocenters. The molecule has 11 nitrogen and oxygen atoms in total. The van der Waals surface area contributed by atoms with Gasteiger partial charge in [0.05, 0.1) is 24.1 Å². The maximum Gasteiger partial charge on any atom is 0.243 e. The van der Waals surface area contributed by atoms with E-state index < -0.39 is 36.0 Å². The Morgan fingerprint density at radius 3 is 2.44 bits per heavy atom. The van der Waals surface area contributed by atoms with E-state index >= 15 is 0 Å². The van der Waals surface area contributed by atoms with Crippen molar-refractivity contribution in [2.24, 2.45) is 5.92 Å². The Morgan fingerprint density at radius 2 is 1.71 bits per heavy atom. The molecule has 0 aliphatic carbocycles. The molecular formula is C34H49N5O6. The van der Waals surface area contributed by atoms with Gasteiger partial charge < -0.3 is 25.6 Å². The maximum atomic E-state index is 14.0. The van der Waals surface area contributed by atoms with Crippen molar-refractivity contribution >= 4 is 40.2 Å². The first kappa shape index (κ1) is 34.1. The van der Waals surface area contributed by atoms with Gasteiger partial charge >= 0.3 is 0 Å². The Bertz CT molecular complexity index is 1370. The zero-order valence-corrected chi connectivity index (χ0v) is 27.1. The zero-order chi connectivity index (χ0) is 32.5. The van der Waals surface area contributed by atoms with E-state index in [2.05, 4.69) is 16.0 Å². The summed E-state index contributed by atoms with van der Waals surface area (Å²) in [6, 6.07) is 4.49. The first-order chi connectivity index (χ1) is 21.6. The molecule has 5 atom stereocenters. The minimum atomic E-state index is -1.01. The molecule has 3 N–H and O–H groups in total. The third kappa shape index (κ3) is 8.71. The fourth-order valence-corrected chi connectivity index (χ4v) is 6.47. The molecule has 0 saturated carbocycles. The SMILES string of the molecule is CC[C@H](C)[C@@H]1NC(=O)[C@H](Cc2cn(OC)c3ccccc23)NC(=O)[C@H](CCCCCC(C)=O)NC(=O)[C@H]2CCCCN2CC1=O. The molecule has 2 aliphatic heterocycles. The second-order valence-corrected chi connectivity index (χ2v) is 12.6. The summed E-state index contributed by atoms with van der Waals surface area (Å²) in [6.45, 7) is 6.12. The average Bonchev–Trinajstić information content (AvgIpc) is 3.39. The van der Waals surface area contributed by atoms with Crippen LogP contribution >= 0.6 is 0 Å². The minimum Gasteiger partial charge on any atom is -0.417 e. The Morgan fingerprint density at radius 1 is 0.978 bits per heavy atom. The first-order valence-electron chi connectivity index (χ1n) is 16.4. The lowest BCUT2D eigenvalue weighted by Crippen LogP contribution is -2.57. The fraction of sp³-hybridized carbons (Fsp3) is 0.618. The van der Waals surface area contributed by atoms with Crippen LogP contribution in [0.25, 0.3) is 10.9 Å². The number of nitrogens with one attached hydrogen (secondary N) is 3. The Hall–Kier alpha value is -3.73.